The third-order valence-corrected chi connectivity index (χ3v) is 4.27. The molecule has 1 aromatic heterocycles. The summed E-state index contributed by atoms with van der Waals surface area (Å²) in [6, 6.07) is 5.47. The van der Waals surface area contributed by atoms with Gasteiger partial charge in [0.2, 0.25) is 0 Å². The Balaban J connectivity index is 1.84. The van der Waals surface area contributed by atoms with Gasteiger partial charge in [0.05, 0.1) is 11.6 Å². The fraction of sp³-hybridized carbons (Fsp3) is 0.533. The minimum atomic E-state index is -0.438. The lowest BCUT2D eigenvalue weighted by molar-refractivity contribution is 0.0249. The summed E-state index contributed by atoms with van der Waals surface area (Å²) >= 11 is 0. The number of amides is 1. The number of hydrogen-bond acceptors (Lipinski definition) is 4. The van der Waals surface area contributed by atoms with Crippen LogP contribution in [0.5, 0.6) is 0 Å². The highest BCUT2D eigenvalue weighted by Gasteiger charge is 2.28. The van der Waals surface area contributed by atoms with Crippen LogP contribution in [-0.2, 0) is 6.54 Å². The van der Waals surface area contributed by atoms with Crippen LogP contribution in [-0.4, -0.2) is 50.1 Å². The zero-order valence-electron chi connectivity index (χ0n) is 12.4. The smallest absolute Gasteiger partial charge is 0.254 e. The molecule has 0 bridgehead atoms. The molecule has 2 aromatic rings. The van der Waals surface area contributed by atoms with Crippen molar-refractivity contribution in [3.63, 3.8) is 0 Å². The van der Waals surface area contributed by atoms with E-state index in [0.717, 1.165) is 24.0 Å². The van der Waals surface area contributed by atoms with Gasteiger partial charge in [0.15, 0.2) is 0 Å². The fourth-order valence-corrected chi connectivity index (χ4v) is 2.75. The van der Waals surface area contributed by atoms with Crippen LogP contribution in [0.2, 0.25) is 0 Å². The largest absolute Gasteiger partial charge is 0.391 e. The Morgan fingerprint density at radius 1 is 1.48 bits per heavy atom. The van der Waals surface area contributed by atoms with Crippen molar-refractivity contribution >= 4 is 16.9 Å². The van der Waals surface area contributed by atoms with Gasteiger partial charge in [-0.15, -0.1) is 5.10 Å². The van der Waals surface area contributed by atoms with Crippen molar-refractivity contribution in [3.05, 3.63) is 23.8 Å². The number of aliphatic hydroxyl groups is 1. The minimum absolute atomic E-state index is 0.0473. The van der Waals surface area contributed by atoms with Gasteiger partial charge in [0.1, 0.15) is 5.52 Å². The van der Waals surface area contributed by atoms with Crippen LogP contribution in [0.1, 0.15) is 30.6 Å². The Morgan fingerprint density at radius 3 is 3.00 bits per heavy atom. The lowest BCUT2D eigenvalue weighted by Crippen LogP contribution is -2.45. The molecule has 6 heteroatoms. The molecule has 6 nitrogen and oxygen atoms in total. The molecule has 0 aliphatic carbocycles. The van der Waals surface area contributed by atoms with Crippen molar-refractivity contribution in [1.29, 1.82) is 0 Å². The molecular weight excluding hydrogens is 268 g/mol. The Kier molecular flexibility index (Phi) is 3.63. The van der Waals surface area contributed by atoms with Gasteiger partial charge < -0.3 is 10.0 Å². The van der Waals surface area contributed by atoms with E-state index in [0.29, 0.717) is 18.7 Å². The van der Waals surface area contributed by atoms with Gasteiger partial charge in [-0.05, 0) is 37.5 Å². The standard InChI is InChI=1S/C15H20N4O2/c1-3-19-13-5-4-11(8-12(13)16-17-19)15(21)18-7-6-10(2)14(20)9-18/h4-5,8,10,14,20H,3,6-7,9H2,1-2H3. The van der Waals surface area contributed by atoms with E-state index in [1.54, 1.807) is 15.6 Å². The van der Waals surface area contributed by atoms with Crippen LogP contribution in [0.4, 0.5) is 0 Å². The van der Waals surface area contributed by atoms with E-state index >= 15 is 0 Å². The predicted molar refractivity (Wildman–Crippen MR) is 78.9 cm³/mol. The topological polar surface area (TPSA) is 71.2 Å². The molecule has 2 heterocycles. The maximum atomic E-state index is 12.5. The average Bonchev–Trinajstić information content (AvgIpc) is 2.91. The van der Waals surface area contributed by atoms with Gasteiger partial charge in [-0.1, -0.05) is 12.1 Å². The molecule has 2 unspecified atom stereocenters. The number of fused-ring (bicyclic) bond motifs is 1. The second-order valence-corrected chi connectivity index (χ2v) is 5.69. The van der Waals surface area contributed by atoms with Crippen LogP contribution in [0.3, 0.4) is 0 Å². The van der Waals surface area contributed by atoms with Crippen molar-refractivity contribution in [2.24, 2.45) is 5.92 Å². The summed E-state index contributed by atoms with van der Waals surface area (Å²) in [5, 5.41) is 18.1. The highest BCUT2D eigenvalue weighted by Crippen LogP contribution is 2.20. The predicted octanol–water partition coefficient (Wildman–Crippen LogP) is 1.29. The van der Waals surface area contributed by atoms with E-state index in [4.69, 9.17) is 0 Å². The van der Waals surface area contributed by atoms with Crippen molar-refractivity contribution in [2.45, 2.75) is 32.9 Å². The fourth-order valence-electron chi connectivity index (χ4n) is 2.75. The first-order valence-electron chi connectivity index (χ1n) is 7.40. The molecule has 1 saturated heterocycles. The number of rotatable bonds is 2. The lowest BCUT2D eigenvalue weighted by atomic mass is 9.95. The molecule has 112 valence electrons. The Labute approximate surface area is 123 Å². The van der Waals surface area contributed by atoms with Crippen LogP contribution in [0.25, 0.3) is 11.0 Å². The molecule has 3 rings (SSSR count). The van der Waals surface area contributed by atoms with E-state index in [9.17, 15) is 9.90 Å². The Hall–Kier alpha value is -1.95. The number of carbonyl (C=O) groups is 1. The summed E-state index contributed by atoms with van der Waals surface area (Å²) in [6.45, 7) is 5.86. The number of likely N-dealkylation sites (tertiary alicyclic amines) is 1. The number of hydrogen-bond donors (Lipinski definition) is 1. The van der Waals surface area contributed by atoms with Gasteiger partial charge in [0.25, 0.3) is 5.91 Å². The molecule has 1 aromatic carbocycles. The molecule has 0 saturated carbocycles. The monoisotopic (exact) mass is 288 g/mol. The highest BCUT2D eigenvalue weighted by molar-refractivity contribution is 5.97. The molecule has 2 atom stereocenters. The van der Waals surface area contributed by atoms with Gasteiger partial charge in [-0.3, -0.25) is 4.79 Å². The van der Waals surface area contributed by atoms with Crippen LogP contribution in [0.15, 0.2) is 18.2 Å². The number of piperidine rings is 1. The van der Waals surface area contributed by atoms with Gasteiger partial charge in [0, 0.05) is 25.2 Å². The molecular formula is C15H20N4O2. The SMILES string of the molecule is CCn1nnc2cc(C(=O)N3CCC(C)C(O)C3)ccc21. The van der Waals surface area contributed by atoms with E-state index in [-0.39, 0.29) is 11.8 Å². The summed E-state index contributed by atoms with van der Waals surface area (Å²) in [7, 11) is 0. The normalized spacial score (nSPS) is 22.7. The van der Waals surface area contributed by atoms with Gasteiger partial charge in [-0.25, -0.2) is 4.68 Å². The number of aromatic nitrogens is 3. The number of nitrogens with zero attached hydrogens (tertiary/aromatic N) is 4. The molecule has 0 radical (unpaired) electrons. The molecule has 1 amide bonds. The Morgan fingerprint density at radius 2 is 2.29 bits per heavy atom. The second kappa shape index (κ2) is 5.44. The summed E-state index contributed by atoms with van der Waals surface area (Å²) in [5.41, 5.74) is 2.27. The van der Waals surface area contributed by atoms with Crippen LogP contribution >= 0.6 is 0 Å². The van der Waals surface area contributed by atoms with E-state index < -0.39 is 6.10 Å². The average molecular weight is 288 g/mol. The summed E-state index contributed by atoms with van der Waals surface area (Å²) in [5.74, 6) is 0.204. The third-order valence-electron chi connectivity index (χ3n) is 4.27. The second-order valence-electron chi connectivity index (χ2n) is 5.69. The molecule has 0 spiro atoms. The van der Waals surface area contributed by atoms with Crippen LogP contribution < -0.4 is 0 Å². The first-order valence-corrected chi connectivity index (χ1v) is 7.40. The highest BCUT2D eigenvalue weighted by atomic mass is 16.3. The quantitative estimate of drug-likeness (QED) is 0.904. The molecule has 1 N–H and O–H groups in total. The number of β-amino-alcohol motifs (C(OH)–C–C–N with tert-alkyl or cyclic N) is 1. The molecule has 1 aliphatic rings. The van der Waals surface area contributed by atoms with E-state index in [2.05, 4.69) is 10.3 Å². The Bertz CT molecular complexity index is 667. The van der Waals surface area contributed by atoms with E-state index in [1.165, 1.54) is 0 Å². The zero-order chi connectivity index (χ0) is 15.0. The summed E-state index contributed by atoms with van der Waals surface area (Å²) in [6.07, 6.45) is 0.397. The number of carbonyl (C=O) groups excluding carboxylic acids is 1. The first kappa shape index (κ1) is 14.0. The van der Waals surface area contributed by atoms with Gasteiger partial charge in [-0.2, -0.15) is 0 Å². The zero-order valence-corrected chi connectivity index (χ0v) is 12.4. The van der Waals surface area contributed by atoms with Crippen molar-refractivity contribution in [2.75, 3.05) is 13.1 Å². The number of aliphatic hydroxyl groups excluding tert-OH is 1. The maximum absolute atomic E-state index is 12.5. The summed E-state index contributed by atoms with van der Waals surface area (Å²) < 4.78 is 1.80. The first-order chi connectivity index (χ1) is 10.1. The number of aryl methyl sites for hydroxylation is 1. The minimum Gasteiger partial charge on any atom is -0.391 e. The van der Waals surface area contributed by atoms with Gasteiger partial charge >= 0.3 is 0 Å². The number of benzene rings is 1. The molecule has 1 fully saturated rings. The van der Waals surface area contributed by atoms with E-state index in [1.807, 2.05) is 26.0 Å². The molecule has 1 aliphatic heterocycles. The van der Waals surface area contributed by atoms with Crippen molar-refractivity contribution < 1.29 is 9.90 Å². The van der Waals surface area contributed by atoms with Crippen molar-refractivity contribution in [1.82, 2.24) is 19.9 Å². The summed E-state index contributed by atoms with van der Waals surface area (Å²) in [4.78, 5) is 14.3. The van der Waals surface area contributed by atoms with Crippen molar-refractivity contribution in [3.8, 4) is 0 Å². The lowest BCUT2D eigenvalue weighted by Gasteiger charge is -2.34. The van der Waals surface area contributed by atoms with Crippen LogP contribution in [0, 0.1) is 5.92 Å². The third kappa shape index (κ3) is 2.51. The maximum Gasteiger partial charge on any atom is 0.254 e. The molecule has 21 heavy (non-hydrogen) atoms.